The van der Waals surface area contributed by atoms with Gasteiger partial charge >= 0.3 is 12.1 Å². The lowest BCUT2D eigenvalue weighted by Gasteiger charge is -2.20. The maximum Gasteiger partial charge on any atom is 0.417 e. The molecule has 11 heteroatoms. The number of methoxy groups -OCH3 is 1. The van der Waals surface area contributed by atoms with Gasteiger partial charge in [-0.1, -0.05) is 55.8 Å². The molecular weight excluding hydrogens is 730 g/mol. The summed E-state index contributed by atoms with van der Waals surface area (Å²) >= 11 is 0. The molecule has 0 aliphatic carbocycles. The number of halogens is 3. The van der Waals surface area contributed by atoms with Gasteiger partial charge in [-0.3, -0.25) is 14.6 Å². The van der Waals surface area contributed by atoms with Gasteiger partial charge in [-0.15, -0.1) is 0 Å². The Labute approximate surface area is 331 Å². The minimum absolute atomic E-state index is 0.00766. The zero-order valence-electron chi connectivity index (χ0n) is 33.0. The summed E-state index contributed by atoms with van der Waals surface area (Å²) in [4.78, 5) is 20.7. The number of carbonyl (C=O) groups excluding carboxylic acids is 1. The summed E-state index contributed by atoms with van der Waals surface area (Å²) < 4.78 is 60.9. The number of aromatic nitrogens is 1. The van der Waals surface area contributed by atoms with Gasteiger partial charge in [0.25, 0.3) is 0 Å². The predicted octanol–water partition coefficient (Wildman–Crippen LogP) is 10.2. The van der Waals surface area contributed by atoms with E-state index in [1.165, 1.54) is 39.0 Å². The van der Waals surface area contributed by atoms with Crippen LogP contribution in [0.15, 0.2) is 65.1 Å². The zero-order valence-corrected chi connectivity index (χ0v) is 33.0. The van der Waals surface area contributed by atoms with Crippen LogP contribution in [-0.4, -0.2) is 60.1 Å². The molecule has 2 saturated heterocycles. The number of hydrogen-bond donors (Lipinski definition) is 0. The van der Waals surface area contributed by atoms with Crippen molar-refractivity contribution in [2.24, 2.45) is 5.92 Å². The Bertz CT molecular complexity index is 2380. The van der Waals surface area contributed by atoms with Crippen molar-refractivity contribution in [3.8, 4) is 34.4 Å². The number of oxazole rings is 1. The molecule has 0 unspecified atom stereocenters. The first-order chi connectivity index (χ1) is 27.3. The molecule has 2 aliphatic heterocycles. The van der Waals surface area contributed by atoms with Crippen molar-refractivity contribution in [2.45, 2.75) is 72.3 Å². The van der Waals surface area contributed by atoms with Gasteiger partial charge in [0.2, 0.25) is 5.89 Å². The molecule has 5 aromatic rings. The number of esters is 1. The largest absolute Gasteiger partial charge is 0.496 e. The number of nitriles is 1. The van der Waals surface area contributed by atoms with Crippen molar-refractivity contribution in [3.05, 3.63) is 105 Å². The number of ether oxygens (including phenoxy) is 2. The number of carbonyl (C=O) groups is 1. The molecule has 4 aromatic carbocycles. The van der Waals surface area contributed by atoms with E-state index in [-0.39, 0.29) is 24.2 Å². The van der Waals surface area contributed by atoms with Crippen LogP contribution in [0, 0.1) is 31.1 Å². The Morgan fingerprint density at radius 1 is 0.947 bits per heavy atom. The molecule has 7 rings (SSSR count). The topological polar surface area (TPSA) is 91.8 Å². The number of hydrogen-bond acceptors (Lipinski definition) is 8. The molecule has 0 amide bonds. The van der Waals surface area contributed by atoms with Crippen LogP contribution in [0.2, 0.25) is 0 Å². The number of fused-ring (bicyclic) bond motifs is 1. The fraction of sp³-hybridized carbons (Fsp3) is 0.370. The van der Waals surface area contributed by atoms with Crippen LogP contribution >= 0.6 is 0 Å². The second-order valence-corrected chi connectivity index (χ2v) is 15.3. The Hall–Kier alpha value is -5.44. The van der Waals surface area contributed by atoms with E-state index in [0.29, 0.717) is 59.3 Å². The van der Waals surface area contributed by atoms with E-state index in [2.05, 4.69) is 17.9 Å². The molecule has 296 valence electrons. The van der Waals surface area contributed by atoms with Crippen LogP contribution in [0.4, 0.5) is 13.2 Å². The van der Waals surface area contributed by atoms with Gasteiger partial charge in [-0.25, -0.2) is 4.98 Å². The van der Waals surface area contributed by atoms with E-state index >= 15 is 0 Å². The molecule has 0 saturated carbocycles. The summed E-state index contributed by atoms with van der Waals surface area (Å²) in [6.45, 7) is 11.7. The minimum Gasteiger partial charge on any atom is -0.496 e. The van der Waals surface area contributed by atoms with Gasteiger partial charge < -0.3 is 13.9 Å². The maximum atomic E-state index is 14.6. The minimum atomic E-state index is -4.60. The summed E-state index contributed by atoms with van der Waals surface area (Å²) in [5.74, 6) is 1.11. The van der Waals surface area contributed by atoms with Gasteiger partial charge in [0.1, 0.15) is 23.4 Å². The highest BCUT2D eigenvalue weighted by Crippen LogP contribution is 2.39. The molecule has 57 heavy (non-hydrogen) atoms. The lowest BCUT2D eigenvalue weighted by atomic mass is 9.91. The third-order valence-corrected chi connectivity index (χ3v) is 11.4. The third-order valence-electron chi connectivity index (χ3n) is 11.4. The van der Waals surface area contributed by atoms with E-state index in [1.807, 2.05) is 67.3 Å². The summed E-state index contributed by atoms with van der Waals surface area (Å²) in [7, 11) is 1.45. The second kappa shape index (κ2) is 16.6. The molecule has 2 fully saturated rings. The fourth-order valence-electron chi connectivity index (χ4n) is 8.34. The lowest BCUT2D eigenvalue weighted by molar-refractivity contribution is -0.145. The first-order valence-corrected chi connectivity index (χ1v) is 19.5. The Morgan fingerprint density at radius 3 is 2.35 bits per heavy atom. The van der Waals surface area contributed by atoms with Crippen molar-refractivity contribution >= 4 is 29.2 Å². The van der Waals surface area contributed by atoms with Crippen LogP contribution in [-0.2, 0) is 28.8 Å². The van der Waals surface area contributed by atoms with Gasteiger partial charge in [-0.2, -0.15) is 18.4 Å². The standard InChI is InChI=1S/C46H47F3N4O4/c1-6-31-15-17-52(24-31)25-32-19-35(23-50)44-42(20-32)51-45(57-44)40-12-8-11-39(29(40)3)38-10-7-9-33(28(38)2)13-14-34-22-43(55-5)36(21-41(34)46(47,48)49)26-53-18-16-37(27-53)56-30(4)54/h7-14,19-22,31,37H,6,15-18,24-27H2,1-5H3/b14-13+/t31-,37-/m1/s1. The summed E-state index contributed by atoms with van der Waals surface area (Å²) in [5.41, 5.74) is 7.47. The number of likely N-dealkylation sites (tertiary alicyclic amines) is 2. The molecular formula is C46H47F3N4O4. The molecule has 0 N–H and O–H groups in total. The number of nitrogens with zero attached hydrogens (tertiary/aromatic N) is 4. The Kier molecular flexibility index (Phi) is 11.6. The monoisotopic (exact) mass is 776 g/mol. The van der Waals surface area contributed by atoms with Gasteiger partial charge in [0, 0.05) is 50.8 Å². The SMILES string of the molecule is CC[C@@H]1CCN(Cc2cc(C#N)c3oc(-c4cccc(-c5cccc(/C=C/c6cc(OC)c(CN7CC[C@@H](OC(C)=O)C7)cc6C(F)(F)F)c5C)c4C)nc3c2)C1. The quantitative estimate of drug-likeness (QED) is 0.0967. The van der Waals surface area contributed by atoms with E-state index in [9.17, 15) is 23.2 Å². The van der Waals surface area contributed by atoms with Crippen LogP contribution in [0.5, 0.6) is 5.75 Å². The van der Waals surface area contributed by atoms with Crippen molar-refractivity contribution in [2.75, 3.05) is 33.3 Å². The van der Waals surface area contributed by atoms with Crippen molar-refractivity contribution in [3.63, 3.8) is 0 Å². The zero-order chi connectivity index (χ0) is 40.4. The molecule has 2 aliphatic rings. The Balaban J connectivity index is 1.17. The van der Waals surface area contributed by atoms with E-state index in [0.717, 1.165) is 64.6 Å². The highest BCUT2D eigenvalue weighted by Gasteiger charge is 2.35. The number of benzene rings is 4. The van der Waals surface area contributed by atoms with Gasteiger partial charge in [0.05, 0.1) is 18.2 Å². The highest BCUT2D eigenvalue weighted by molar-refractivity contribution is 5.85. The van der Waals surface area contributed by atoms with Crippen LogP contribution in [0.3, 0.4) is 0 Å². The van der Waals surface area contributed by atoms with Crippen LogP contribution in [0.25, 0.3) is 45.8 Å². The average Bonchev–Trinajstić information content (AvgIpc) is 3.94. The fourth-order valence-corrected chi connectivity index (χ4v) is 8.34. The first kappa shape index (κ1) is 39.8. The normalized spacial score (nSPS) is 17.8. The molecule has 0 spiro atoms. The summed E-state index contributed by atoms with van der Waals surface area (Å²) in [5, 5.41) is 10.0. The molecule has 2 atom stereocenters. The first-order valence-electron chi connectivity index (χ1n) is 19.5. The molecule has 0 radical (unpaired) electrons. The van der Waals surface area contributed by atoms with Gasteiger partial charge in [-0.05, 0) is 108 Å². The van der Waals surface area contributed by atoms with Crippen LogP contribution < -0.4 is 4.74 Å². The number of alkyl halides is 3. The van der Waals surface area contributed by atoms with E-state index in [4.69, 9.17) is 18.9 Å². The van der Waals surface area contributed by atoms with Crippen molar-refractivity contribution in [1.82, 2.24) is 14.8 Å². The maximum absolute atomic E-state index is 14.6. The van der Waals surface area contributed by atoms with E-state index < -0.39 is 11.7 Å². The Morgan fingerprint density at radius 2 is 1.65 bits per heavy atom. The predicted molar refractivity (Wildman–Crippen MR) is 215 cm³/mol. The number of rotatable bonds is 11. The molecule has 8 nitrogen and oxygen atoms in total. The van der Waals surface area contributed by atoms with E-state index in [1.54, 1.807) is 6.08 Å². The second-order valence-electron chi connectivity index (χ2n) is 15.3. The lowest BCUT2D eigenvalue weighted by Crippen LogP contribution is -2.24. The smallest absolute Gasteiger partial charge is 0.417 e. The van der Waals surface area contributed by atoms with Crippen molar-refractivity contribution in [1.29, 1.82) is 5.26 Å². The highest BCUT2D eigenvalue weighted by atomic mass is 19.4. The van der Waals surface area contributed by atoms with Gasteiger partial charge in [0.15, 0.2) is 5.58 Å². The summed E-state index contributed by atoms with van der Waals surface area (Å²) in [6.07, 6.45) is 1.29. The average molecular weight is 777 g/mol. The third kappa shape index (κ3) is 8.63. The molecule has 0 bridgehead atoms. The molecule has 3 heterocycles. The molecule has 1 aromatic heterocycles. The summed E-state index contributed by atoms with van der Waals surface area (Å²) in [6, 6.07) is 20.5. The van der Waals surface area contributed by atoms with Crippen molar-refractivity contribution < 1.29 is 31.9 Å². The van der Waals surface area contributed by atoms with Crippen LogP contribution in [0.1, 0.15) is 77.6 Å².